The molecule has 0 atom stereocenters. The summed E-state index contributed by atoms with van der Waals surface area (Å²) in [7, 11) is 0. The van der Waals surface area contributed by atoms with Crippen molar-refractivity contribution >= 4 is 6.03 Å². The molecular formula is C18H32N2O. The first-order chi connectivity index (χ1) is 10.1. The van der Waals surface area contributed by atoms with E-state index < -0.39 is 0 Å². The predicted molar refractivity (Wildman–Crippen MR) is 86.2 cm³/mol. The molecule has 4 aliphatic carbocycles. The quantitative estimate of drug-likeness (QED) is 0.787. The molecule has 21 heavy (non-hydrogen) atoms. The highest BCUT2D eigenvalue weighted by molar-refractivity contribution is 5.74. The van der Waals surface area contributed by atoms with Crippen LogP contribution in [0.25, 0.3) is 0 Å². The number of hydrogen-bond acceptors (Lipinski definition) is 1. The highest BCUT2D eigenvalue weighted by atomic mass is 16.2. The third-order valence-corrected chi connectivity index (χ3v) is 6.05. The number of carbonyl (C=O) groups is 1. The Bertz CT molecular complexity index is 338. The number of hydrogen-bond donors (Lipinski definition) is 1. The Morgan fingerprint density at radius 3 is 1.90 bits per heavy atom. The van der Waals surface area contributed by atoms with Gasteiger partial charge in [-0.2, -0.15) is 0 Å². The SMILES string of the molecule is CCCN(CCC)C(=O)NCC12CC3CC(CC(C3)C1)C2. The number of urea groups is 1. The molecule has 0 aromatic rings. The zero-order chi connectivity index (χ0) is 14.9. The summed E-state index contributed by atoms with van der Waals surface area (Å²) in [6, 6.07) is 0.175. The van der Waals surface area contributed by atoms with Gasteiger partial charge >= 0.3 is 6.03 Å². The monoisotopic (exact) mass is 292 g/mol. The molecule has 0 aromatic heterocycles. The second-order valence-electron chi connectivity index (χ2n) is 8.06. The molecule has 4 bridgehead atoms. The van der Waals surface area contributed by atoms with E-state index >= 15 is 0 Å². The van der Waals surface area contributed by atoms with Gasteiger partial charge in [0.1, 0.15) is 0 Å². The van der Waals surface area contributed by atoms with Crippen molar-refractivity contribution in [3.63, 3.8) is 0 Å². The van der Waals surface area contributed by atoms with E-state index in [1.807, 2.05) is 4.90 Å². The number of carbonyl (C=O) groups excluding carboxylic acids is 1. The zero-order valence-electron chi connectivity index (χ0n) is 13.9. The molecule has 3 heteroatoms. The molecule has 120 valence electrons. The number of nitrogens with zero attached hydrogens (tertiary/aromatic N) is 1. The summed E-state index contributed by atoms with van der Waals surface area (Å²) in [6.45, 7) is 7.00. The molecule has 0 radical (unpaired) electrons. The van der Waals surface area contributed by atoms with E-state index in [9.17, 15) is 4.79 Å². The minimum absolute atomic E-state index is 0.175. The Hall–Kier alpha value is -0.730. The molecule has 4 aliphatic rings. The fourth-order valence-electron chi connectivity index (χ4n) is 5.74. The highest BCUT2D eigenvalue weighted by Gasteiger charge is 2.50. The molecule has 4 rings (SSSR count). The lowest BCUT2D eigenvalue weighted by molar-refractivity contribution is -0.0502. The first kappa shape index (κ1) is 15.2. The summed E-state index contributed by atoms with van der Waals surface area (Å²) in [5.74, 6) is 2.90. The van der Waals surface area contributed by atoms with E-state index in [4.69, 9.17) is 0 Å². The van der Waals surface area contributed by atoms with Crippen LogP contribution in [0.1, 0.15) is 65.2 Å². The van der Waals surface area contributed by atoms with Crippen LogP contribution in [0.5, 0.6) is 0 Å². The van der Waals surface area contributed by atoms with E-state index in [1.165, 1.54) is 38.5 Å². The average Bonchev–Trinajstić information content (AvgIpc) is 2.43. The average molecular weight is 292 g/mol. The standard InChI is InChI=1S/C18H32N2O/c1-3-5-20(6-4-2)17(21)19-13-18-10-14-7-15(11-18)9-16(8-14)12-18/h14-16H,3-13H2,1-2H3,(H,19,21). The van der Waals surface area contributed by atoms with E-state index in [0.717, 1.165) is 50.2 Å². The van der Waals surface area contributed by atoms with Crippen LogP contribution in [0.4, 0.5) is 4.79 Å². The summed E-state index contributed by atoms with van der Waals surface area (Å²) < 4.78 is 0. The van der Waals surface area contributed by atoms with E-state index in [1.54, 1.807) is 0 Å². The third kappa shape index (κ3) is 3.22. The van der Waals surface area contributed by atoms with Crippen LogP contribution in [-0.4, -0.2) is 30.6 Å². The van der Waals surface area contributed by atoms with Crippen molar-refractivity contribution < 1.29 is 4.79 Å². The normalized spacial score (nSPS) is 36.8. The Labute approximate surface area is 129 Å². The summed E-state index contributed by atoms with van der Waals surface area (Å²) in [5.41, 5.74) is 0.453. The second-order valence-corrected chi connectivity index (χ2v) is 8.06. The lowest BCUT2D eigenvalue weighted by Gasteiger charge is -2.57. The molecule has 2 amide bonds. The van der Waals surface area contributed by atoms with Crippen molar-refractivity contribution in [3.05, 3.63) is 0 Å². The lowest BCUT2D eigenvalue weighted by atomic mass is 9.49. The molecule has 0 unspecified atom stereocenters. The second kappa shape index (κ2) is 6.18. The maximum absolute atomic E-state index is 12.4. The van der Waals surface area contributed by atoms with Crippen LogP contribution in [-0.2, 0) is 0 Å². The molecule has 0 aromatic carbocycles. The summed E-state index contributed by atoms with van der Waals surface area (Å²) in [6.07, 6.45) is 10.7. The van der Waals surface area contributed by atoms with Gasteiger partial charge in [0, 0.05) is 19.6 Å². The van der Waals surface area contributed by atoms with Crippen molar-refractivity contribution in [3.8, 4) is 0 Å². The van der Waals surface area contributed by atoms with Gasteiger partial charge in [-0.15, -0.1) is 0 Å². The van der Waals surface area contributed by atoms with Gasteiger partial charge < -0.3 is 10.2 Å². The molecule has 0 saturated heterocycles. The highest BCUT2D eigenvalue weighted by Crippen LogP contribution is 2.59. The summed E-state index contributed by atoms with van der Waals surface area (Å²) >= 11 is 0. The van der Waals surface area contributed by atoms with Gasteiger partial charge in [-0.05, 0) is 74.5 Å². The third-order valence-electron chi connectivity index (χ3n) is 6.05. The summed E-state index contributed by atoms with van der Waals surface area (Å²) in [5, 5.41) is 3.30. The fourth-order valence-corrected chi connectivity index (χ4v) is 5.74. The Morgan fingerprint density at radius 2 is 1.48 bits per heavy atom. The maximum atomic E-state index is 12.4. The fraction of sp³-hybridized carbons (Fsp3) is 0.944. The smallest absolute Gasteiger partial charge is 0.317 e. The van der Waals surface area contributed by atoms with Crippen LogP contribution in [0.2, 0.25) is 0 Å². The molecular weight excluding hydrogens is 260 g/mol. The van der Waals surface area contributed by atoms with Crippen LogP contribution in [0.3, 0.4) is 0 Å². The van der Waals surface area contributed by atoms with E-state index in [0.29, 0.717) is 5.41 Å². The molecule has 3 nitrogen and oxygen atoms in total. The van der Waals surface area contributed by atoms with Crippen LogP contribution in [0, 0.1) is 23.2 Å². The lowest BCUT2D eigenvalue weighted by Crippen LogP contribution is -2.53. The van der Waals surface area contributed by atoms with Gasteiger partial charge in [0.2, 0.25) is 0 Å². The molecule has 0 aliphatic heterocycles. The van der Waals surface area contributed by atoms with Crippen LogP contribution in [0.15, 0.2) is 0 Å². The molecule has 0 heterocycles. The van der Waals surface area contributed by atoms with E-state index in [-0.39, 0.29) is 6.03 Å². The molecule has 0 spiro atoms. The zero-order valence-corrected chi connectivity index (χ0v) is 13.9. The predicted octanol–water partition coefficient (Wildman–Crippen LogP) is 4.03. The van der Waals surface area contributed by atoms with Crippen molar-refractivity contribution in [1.82, 2.24) is 10.2 Å². The Morgan fingerprint density at radius 1 is 1.00 bits per heavy atom. The van der Waals surface area contributed by atoms with Crippen molar-refractivity contribution in [2.45, 2.75) is 65.2 Å². The molecule has 4 saturated carbocycles. The van der Waals surface area contributed by atoms with Gasteiger partial charge in [-0.1, -0.05) is 13.8 Å². The first-order valence-electron chi connectivity index (χ1n) is 9.17. The number of amides is 2. The molecule has 1 N–H and O–H groups in total. The topological polar surface area (TPSA) is 32.3 Å². The number of nitrogens with one attached hydrogen (secondary N) is 1. The Balaban J connectivity index is 1.55. The minimum Gasteiger partial charge on any atom is -0.337 e. The van der Waals surface area contributed by atoms with Gasteiger partial charge in [0.25, 0.3) is 0 Å². The van der Waals surface area contributed by atoms with Crippen molar-refractivity contribution in [1.29, 1.82) is 0 Å². The first-order valence-corrected chi connectivity index (χ1v) is 9.17. The van der Waals surface area contributed by atoms with E-state index in [2.05, 4.69) is 19.2 Å². The largest absolute Gasteiger partial charge is 0.337 e. The maximum Gasteiger partial charge on any atom is 0.317 e. The van der Waals surface area contributed by atoms with Gasteiger partial charge in [0.15, 0.2) is 0 Å². The number of rotatable bonds is 6. The van der Waals surface area contributed by atoms with Crippen molar-refractivity contribution in [2.24, 2.45) is 23.2 Å². The molecule has 4 fully saturated rings. The van der Waals surface area contributed by atoms with Crippen molar-refractivity contribution in [2.75, 3.05) is 19.6 Å². The van der Waals surface area contributed by atoms with Crippen LogP contribution >= 0.6 is 0 Å². The summed E-state index contributed by atoms with van der Waals surface area (Å²) in [4.78, 5) is 14.4. The van der Waals surface area contributed by atoms with Gasteiger partial charge in [0.05, 0.1) is 0 Å². The minimum atomic E-state index is 0.175. The van der Waals surface area contributed by atoms with Gasteiger partial charge in [-0.25, -0.2) is 4.79 Å². The Kier molecular flexibility index (Phi) is 4.46. The van der Waals surface area contributed by atoms with Gasteiger partial charge in [-0.3, -0.25) is 0 Å². The van der Waals surface area contributed by atoms with Crippen LogP contribution < -0.4 is 5.32 Å².